The Balaban J connectivity index is 1.61. The van der Waals surface area contributed by atoms with Gasteiger partial charge in [0.1, 0.15) is 0 Å². The second kappa shape index (κ2) is 4.33. The van der Waals surface area contributed by atoms with E-state index in [1.54, 1.807) is 0 Å². The Morgan fingerprint density at radius 3 is 2.21 bits per heavy atom. The quantitative estimate of drug-likeness (QED) is 0.714. The number of rotatable bonds is 2. The smallest absolute Gasteiger partial charge is 0.168 e. The molecule has 0 N–H and O–H groups in total. The lowest BCUT2D eigenvalue weighted by atomic mass is 9.47. The Kier molecular flexibility index (Phi) is 2.99. The predicted molar refractivity (Wildman–Crippen MR) is 72.2 cm³/mol. The molecule has 19 heavy (non-hydrogen) atoms. The summed E-state index contributed by atoms with van der Waals surface area (Å²) >= 11 is 0. The zero-order valence-corrected chi connectivity index (χ0v) is 11.8. The van der Waals surface area contributed by atoms with Crippen molar-refractivity contribution in [1.82, 2.24) is 0 Å². The monoisotopic (exact) mass is 261 g/mol. The summed E-state index contributed by atoms with van der Waals surface area (Å²) in [7, 11) is 0. The normalized spacial score (nSPS) is 29.9. The molecule has 0 amide bonds. The van der Waals surface area contributed by atoms with Gasteiger partial charge in [-0.1, -0.05) is 5.57 Å². The first-order valence-electron chi connectivity index (χ1n) is 7.35. The molecule has 1 saturated heterocycles. The van der Waals surface area contributed by atoms with Gasteiger partial charge in [0.15, 0.2) is 5.79 Å². The Bertz CT molecular complexity index is 411. The fourth-order valence-corrected chi connectivity index (χ4v) is 4.51. The standard InChI is InChI=1S/C16H23NO2/c1-13(2)9-15(12-17)10-14(11-15)3-5-16(6-4-14)18-7-8-19-16/h1,3-11H2,2H3. The van der Waals surface area contributed by atoms with Gasteiger partial charge in [-0.15, -0.1) is 6.58 Å². The van der Waals surface area contributed by atoms with E-state index in [1.165, 1.54) is 0 Å². The number of nitriles is 1. The van der Waals surface area contributed by atoms with E-state index >= 15 is 0 Å². The molecular formula is C16H23NO2. The molecule has 2 spiro atoms. The molecule has 1 aliphatic heterocycles. The number of ether oxygens (including phenoxy) is 2. The van der Waals surface area contributed by atoms with Gasteiger partial charge in [0.05, 0.1) is 24.7 Å². The van der Waals surface area contributed by atoms with E-state index in [-0.39, 0.29) is 11.2 Å². The van der Waals surface area contributed by atoms with Crippen molar-refractivity contribution in [1.29, 1.82) is 5.26 Å². The van der Waals surface area contributed by atoms with Crippen LogP contribution in [0.3, 0.4) is 0 Å². The summed E-state index contributed by atoms with van der Waals surface area (Å²) in [6.45, 7) is 7.48. The number of nitrogens with zero attached hydrogens (tertiary/aromatic N) is 1. The van der Waals surface area contributed by atoms with Crippen LogP contribution in [0.1, 0.15) is 51.9 Å². The van der Waals surface area contributed by atoms with Crippen molar-refractivity contribution in [2.75, 3.05) is 13.2 Å². The van der Waals surface area contributed by atoms with E-state index in [9.17, 15) is 5.26 Å². The summed E-state index contributed by atoms with van der Waals surface area (Å²) in [4.78, 5) is 0. The molecule has 0 unspecified atom stereocenters. The van der Waals surface area contributed by atoms with Gasteiger partial charge in [-0.3, -0.25) is 0 Å². The van der Waals surface area contributed by atoms with E-state index in [2.05, 4.69) is 12.6 Å². The molecule has 0 atom stereocenters. The van der Waals surface area contributed by atoms with Crippen molar-refractivity contribution in [3.63, 3.8) is 0 Å². The van der Waals surface area contributed by atoms with Crippen LogP contribution in [0.25, 0.3) is 0 Å². The largest absolute Gasteiger partial charge is 0.348 e. The van der Waals surface area contributed by atoms with Gasteiger partial charge in [0.2, 0.25) is 0 Å². The Morgan fingerprint density at radius 1 is 1.16 bits per heavy atom. The lowest BCUT2D eigenvalue weighted by Crippen LogP contribution is -2.51. The minimum atomic E-state index is -0.273. The fraction of sp³-hybridized carbons (Fsp3) is 0.812. The van der Waals surface area contributed by atoms with Crippen molar-refractivity contribution in [2.45, 2.75) is 57.7 Å². The van der Waals surface area contributed by atoms with Gasteiger partial charge in [-0.05, 0) is 44.4 Å². The first kappa shape index (κ1) is 13.1. The molecule has 2 saturated carbocycles. The Morgan fingerprint density at radius 2 is 1.74 bits per heavy atom. The van der Waals surface area contributed by atoms with E-state index in [1.807, 2.05) is 6.92 Å². The van der Waals surface area contributed by atoms with E-state index < -0.39 is 0 Å². The number of hydrogen-bond donors (Lipinski definition) is 0. The summed E-state index contributed by atoms with van der Waals surface area (Å²) < 4.78 is 11.6. The van der Waals surface area contributed by atoms with Gasteiger partial charge < -0.3 is 9.47 Å². The van der Waals surface area contributed by atoms with Crippen molar-refractivity contribution in [3.8, 4) is 6.07 Å². The van der Waals surface area contributed by atoms with Crippen molar-refractivity contribution in [2.24, 2.45) is 10.8 Å². The SMILES string of the molecule is C=C(C)CC1(C#N)CC2(CCC3(CC2)OCCO3)C1. The third-order valence-electron chi connectivity index (χ3n) is 5.19. The maximum absolute atomic E-state index is 9.46. The topological polar surface area (TPSA) is 42.2 Å². The highest BCUT2D eigenvalue weighted by Gasteiger charge is 2.58. The number of hydrogen-bond acceptors (Lipinski definition) is 3. The molecule has 0 radical (unpaired) electrons. The fourth-order valence-electron chi connectivity index (χ4n) is 4.51. The molecule has 3 fully saturated rings. The summed E-state index contributed by atoms with van der Waals surface area (Å²) in [6.07, 6.45) is 7.24. The molecule has 0 aromatic heterocycles. The zero-order valence-electron chi connectivity index (χ0n) is 11.8. The lowest BCUT2D eigenvalue weighted by molar-refractivity contribution is -0.207. The lowest BCUT2D eigenvalue weighted by Gasteiger charge is -2.57. The maximum Gasteiger partial charge on any atom is 0.168 e. The highest BCUT2D eigenvalue weighted by molar-refractivity contribution is 5.18. The minimum Gasteiger partial charge on any atom is -0.348 e. The van der Waals surface area contributed by atoms with Crippen LogP contribution in [0.5, 0.6) is 0 Å². The molecule has 3 nitrogen and oxygen atoms in total. The summed E-state index contributed by atoms with van der Waals surface area (Å²) in [5, 5.41) is 9.46. The third kappa shape index (κ3) is 2.22. The maximum atomic E-state index is 9.46. The van der Waals surface area contributed by atoms with Crippen LogP contribution in [-0.2, 0) is 9.47 Å². The van der Waals surface area contributed by atoms with Crippen LogP contribution >= 0.6 is 0 Å². The molecule has 104 valence electrons. The van der Waals surface area contributed by atoms with Gasteiger partial charge in [-0.2, -0.15) is 5.26 Å². The molecule has 1 heterocycles. The van der Waals surface area contributed by atoms with Gasteiger partial charge >= 0.3 is 0 Å². The molecule has 3 rings (SSSR count). The molecule has 0 bridgehead atoms. The summed E-state index contributed by atoms with van der Waals surface area (Å²) in [5.74, 6) is -0.273. The second-order valence-corrected chi connectivity index (χ2v) is 6.99. The summed E-state index contributed by atoms with van der Waals surface area (Å²) in [5.41, 5.74) is 1.38. The average molecular weight is 261 g/mol. The third-order valence-corrected chi connectivity index (χ3v) is 5.19. The van der Waals surface area contributed by atoms with Gasteiger partial charge in [0.25, 0.3) is 0 Å². The molecule has 3 heteroatoms. The van der Waals surface area contributed by atoms with Crippen LogP contribution in [-0.4, -0.2) is 19.0 Å². The van der Waals surface area contributed by atoms with Gasteiger partial charge in [-0.25, -0.2) is 0 Å². The zero-order chi connectivity index (χ0) is 13.6. The van der Waals surface area contributed by atoms with Crippen molar-refractivity contribution < 1.29 is 9.47 Å². The summed E-state index contributed by atoms with van der Waals surface area (Å²) in [6, 6.07) is 2.56. The second-order valence-electron chi connectivity index (χ2n) is 6.99. The first-order chi connectivity index (χ1) is 9.01. The molecule has 0 aromatic carbocycles. The van der Waals surface area contributed by atoms with Crippen molar-refractivity contribution in [3.05, 3.63) is 12.2 Å². The van der Waals surface area contributed by atoms with Crippen LogP contribution < -0.4 is 0 Å². The average Bonchev–Trinajstić information content (AvgIpc) is 2.78. The first-order valence-corrected chi connectivity index (χ1v) is 7.35. The minimum absolute atomic E-state index is 0.131. The van der Waals surface area contributed by atoms with Crippen LogP contribution in [0, 0.1) is 22.2 Å². The highest BCUT2D eigenvalue weighted by atomic mass is 16.7. The van der Waals surface area contributed by atoms with E-state index in [0.29, 0.717) is 5.41 Å². The van der Waals surface area contributed by atoms with E-state index in [4.69, 9.17) is 9.47 Å². The Labute approximate surface area is 115 Å². The van der Waals surface area contributed by atoms with Gasteiger partial charge in [0, 0.05) is 12.8 Å². The number of allylic oxidation sites excluding steroid dienone is 1. The van der Waals surface area contributed by atoms with Crippen LogP contribution in [0.2, 0.25) is 0 Å². The van der Waals surface area contributed by atoms with E-state index in [0.717, 1.165) is 63.7 Å². The highest BCUT2D eigenvalue weighted by Crippen LogP contribution is 2.64. The van der Waals surface area contributed by atoms with Crippen molar-refractivity contribution >= 4 is 0 Å². The van der Waals surface area contributed by atoms with Crippen LogP contribution in [0.4, 0.5) is 0 Å². The molecule has 0 aromatic rings. The molecule has 3 aliphatic rings. The predicted octanol–water partition coefficient (Wildman–Crippen LogP) is 3.56. The Hall–Kier alpha value is -0.850. The molecular weight excluding hydrogens is 238 g/mol. The molecule has 2 aliphatic carbocycles. The van der Waals surface area contributed by atoms with Crippen LogP contribution in [0.15, 0.2) is 12.2 Å².